The average Bonchev–Trinajstić information content (AvgIpc) is 2.50. The largest absolute Gasteiger partial charge is 0.198 e. The highest BCUT2D eigenvalue weighted by atomic mass is 14.4. The van der Waals surface area contributed by atoms with Crippen LogP contribution in [0.1, 0.15) is 6.42 Å². The fourth-order valence-corrected chi connectivity index (χ4v) is 1.78. The summed E-state index contributed by atoms with van der Waals surface area (Å²) in [6.45, 7) is 0. The van der Waals surface area contributed by atoms with Crippen molar-refractivity contribution in [3.05, 3.63) is 33.9 Å². The van der Waals surface area contributed by atoms with Crippen molar-refractivity contribution in [2.45, 2.75) is 6.42 Å². The molecule has 1 rings (SSSR count). The first-order valence-electron chi connectivity index (χ1n) is 5.26. The molecule has 20 heavy (non-hydrogen) atoms. The third kappa shape index (κ3) is 2.37. The van der Waals surface area contributed by atoms with Gasteiger partial charge in [-0.1, -0.05) is 0 Å². The zero-order chi connectivity index (χ0) is 15.1. The molecule has 0 heterocycles. The van der Waals surface area contributed by atoms with Gasteiger partial charge in [-0.15, -0.1) is 0 Å². The van der Waals surface area contributed by atoms with Gasteiger partial charge in [0.2, 0.25) is 0 Å². The van der Waals surface area contributed by atoms with Gasteiger partial charge in [0.15, 0.2) is 0 Å². The molecule has 1 aliphatic carbocycles. The van der Waals surface area contributed by atoms with Crippen LogP contribution in [0.5, 0.6) is 0 Å². The average molecular weight is 256 g/mol. The van der Waals surface area contributed by atoms with Gasteiger partial charge in [-0.2, -0.15) is 31.6 Å². The topological polar surface area (TPSA) is 143 Å². The van der Waals surface area contributed by atoms with Crippen LogP contribution in [0.15, 0.2) is 33.9 Å². The van der Waals surface area contributed by atoms with E-state index in [2.05, 4.69) is 0 Å². The maximum atomic E-state index is 9.10. The van der Waals surface area contributed by atoms with Gasteiger partial charge < -0.3 is 0 Å². The van der Waals surface area contributed by atoms with Gasteiger partial charge in [0, 0.05) is 0 Å². The van der Waals surface area contributed by atoms with Gasteiger partial charge in [-0.05, 0) is 23.6 Å². The van der Waals surface area contributed by atoms with Crippen molar-refractivity contribution in [2.75, 3.05) is 0 Å². The summed E-state index contributed by atoms with van der Waals surface area (Å²) < 4.78 is 0. The van der Waals surface area contributed by atoms with Crippen molar-refractivity contribution in [1.29, 1.82) is 31.6 Å². The summed E-state index contributed by atoms with van der Waals surface area (Å²) in [5.74, 6) is -0.840. The summed E-state index contributed by atoms with van der Waals surface area (Å²) >= 11 is 0. The van der Waals surface area contributed by atoms with E-state index >= 15 is 0 Å². The normalized spacial score (nSPS) is 16.1. The Morgan fingerprint density at radius 1 is 0.900 bits per heavy atom. The van der Waals surface area contributed by atoms with Gasteiger partial charge in [-0.25, -0.2) is 0 Å². The van der Waals surface area contributed by atoms with E-state index in [9.17, 15) is 0 Å². The van der Waals surface area contributed by atoms with E-state index in [0.717, 1.165) is 0 Å². The van der Waals surface area contributed by atoms with Crippen LogP contribution in [0, 0.1) is 73.9 Å². The summed E-state index contributed by atoms with van der Waals surface area (Å²) in [6, 6.07) is 10.4. The molecule has 0 saturated carbocycles. The smallest absolute Gasteiger partial charge is 0.134 e. The summed E-state index contributed by atoms with van der Waals surface area (Å²) in [7, 11) is 0. The number of rotatable bonds is 0. The Hall–Kier alpha value is -3.84. The highest BCUT2D eigenvalue weighted by molar-refractivity contribution is 5.62. The molecule has 0 amide bonds. The predicted molar refractivity (Wildman–Crippen MR) is 63.9 cm³/mol. The van der Waals surface area contributed by atoms with Gasteiger partial charge >= 0.3 is 0 Å². The molecule has 0 bridgehead atoms. The van der Waals surface area contributed by atoms with E-state index in [1.165, 1.54) is 6.08 Å². The lowest BCUT2D eigenvalue weighted by Crippen LogP contribution is -2.12. The van der Waals surface area contributed by atoms with E-state index in [1.54, 1.807) is 24.3 Å². The molecular weight excluding hydrogens is 252 g/mol. The Balaban J connectivity index is 3.70. The highest BCUT2D eigenvalue weighted by Crippen LogP contribution is 2.35. The molecule has 0 N–H and O–H groups in total. The summed E-state index contributed by atoms with van der Waals surface area (Å²) in [5, 5.41) is 53.6. The Kier molecular flexibility index (Phi) is 4.40. The fraction of sp³-hybridized carbons (Fsp3) is 0.143. The van der Waals surface area contributed by atoms with E-state index in [0.29, 0.717) is 0 Å². The van der Waals surface area contributed by atoms with Gasteiger partial charge in [0.25, 0.3) is 0 Å². The molecule has 0 aromatic heterocycles. The second-order valence-corrected chi connectivity index (χ2v) is 3.69. The minimum atomic E-state index is -0.840. The molecule has 0 radical (unpaired) electrons. The van der Waals surface area contributed by atoms with E-state index < -0.39 is 5.92 Å². The molecule has 0 fully saturated rings. The molecule has 0 aliphatic heterocycles. The first-order valence-corrected chi connectivity index (χ1v) is 5.26. The van der Waals surface area contributed by atoms with Gasteiger partial charge in [0.05, 0.1) is 23.6 Å². The molecule has 0 saturated heterocycles. The Labute approximate surface area is 115 Å². The molecule has 1 aliphatic rings. The lowest BCUT2D eigenvalue weighted by atomic mass is 9.79. The van der Waals surface area contributed by atoms with Crippen molar-refractivity contribution in [3.63, 3.8) is 0 Å². The summed E-state index contributed by atoms with van der Waals surface area (Å²) in [4.78, 5) is 0. The van der Waals surface area contributed by atoms with Crippen LogP contribution in [0.25, 0.3) is 0 Å². The first-order chi connectivity index (χ1) is 9.66. The second kappa shape index (κ2) is 6.19. The Morgan fingerprint density at radius 2 is 1.45 bits per heavy atom. The monoisotopic (exact) mass is 256 g/mol. The zero-order valence-corrected chi connectivity index (χ0v) is 10.0. The molecule has 0 aromatic rings. The van der Waals surface area contributed by atoms with Gasteiger partial charge in [0.1, 0.15) is 35.4 Å². The minimum absolute atomic E-state index is 0.0209. The van der Waals surface area contributed by atoms with Crippen molar-refractivity contribution in [3.8, 4) is 36.4 Å². The highest BCUT2D eigenvalue weighted by Gasteiger charge is 2.28. The van der Waals surface area contributed by atoms with Crippen LogP contribution in [-0.4, -0.2) is 0 Å². The van der Waals surface area contributed by atoms with Crippen molar-refractivity contribution >= 4 is 0 Å². The van der Waals surface area contributed by atoms with Crippen LogP contribution in [-0.2, 0) is 0 Å². The number of hydrogen-bond donors (Lipinski definition) is 0. The minimum Gasteiger partial charge on any atom is -0.198 e. The predicted octanol–water partition coefficient (Wildman–Crippen LogP) is 1.67. The quantitative estimate of drug-likeness (QED) is 0.603. The lowest BCUT2D eigenvalue weighted by Gasteiger charge is -2.19. The second-order valence-electron chi connectivity index (χ2n) is 3.69. The number of allylic oxidation sites excluding steroid dienone is 6. The third-order valence-corrected chi connectivity index (χ3v) is 2.72. The molecule has 90 valence electrons. The fourth-order valence-electron chi connectivity index (χ4n) is 1.78. The molecular formula is C14H4N6. The SMILES string of the molecule is N#CC1=CC(=C(C#N)C#N)C(C#N)CC1=C(C#N)C#N. The molecule has 1 atom stereocenters. The van der Waals surface area contributed by atoms with Crippen LogP contribution in [0.2, 0.25) is 0 Å². The molecule has 6 heteroatoms. The molecule has 6 nitrogen and oxygen atoms in total. The molecule has 0 aromatic carbocycles. The standard InChI is InChI=1S/C14H4N6/c15-3-9-1-13(11(5-17)6-18)10(4-16)2-14(9)12(7-19)8-20/h1,10H,2H2. The Morgan fingerprint density at radius 3 is 1.85 bits per heavy atom. The van der Waals surface area contributed by atoms with E-state index in [-0.39, 0.29) is 34.3 Å². The van der Waals surface area contributed by atoms with E-state index in [4.69, 9.17) is 31.6 Å². The maximum Gasteiger partial charge on any atom is 0.134 e. The van der Waals surface area contributed by atoms with Crippen LogP contribution < -0.4 is 0 Å². The van der Waals surface area contributed by atoms with Crippen LogP contribution in [0.3, 0.4) is 0 Å². The third-order valence-electron chi connectivity index (χ3n) is 2.72. The van der Waals surface area contributed by atoms with E-state index in [1.807, 2.05) is 12.1 Å². The first kappa shape index (κ1) is 14.2. The number of nitriles is 6. The van der Waals surface area contributed by atoms with Gasteiger partial charge in [-0.3, -0.25) is 0 Å². The lowest BCUT2D eigenvalue weighted by molar-refractivity contribution is 0.761. The molecule has 0 spiro atoms. The number of hydrogen-bond acceptors (Lipinski definition) is 6. The van der Waals surface area contributed by atoms with Crippen LogP contribution in [0.4, 0.5) is 0 Å². The number of nitrogens with zero attached hydrogens (tertiary/aromatic N) is 6. The summed E-state index contributed by atoms with van der Waals surface area (Å²) in [5.41, 5.74) is -0.157. The molecule has 1 unspecified atom stereocenters. The summed E-state index contributed by atoms with van der Waals surface area (Å²) in [6.07, 6.45) is 1.18. The zero-order valence-electron chi connectivity index (χ0n) is 10.0. The Bertz CT molecular complexity index is 765. The van der Waals surface area contributed by atoms with Crippen molar-refractivity contribution in [1.82, 2.24) is 0 Å². The van der Waals surface area contributed by atoms with Crippen LogP contribution >= 0.6 is 0 Å². The van der Waals surface area contributed by atoms with Crippen molar-refractivity contribution < 1.29 is 0 Å². The maximum absolute atomic E-state index is 9.10. The van der Waals surface area contributed by atoms with Crippen molar-refractivity contribution in [2.24, 2.45) is 5.92 Å².